The highest BCUT2D eigenvalue weighted by Crippen LogP contribution is 2.05. The van der Waals surface area contributed by atoms with Gasteiger partial charge >= 0.3 is 0 Å². The Morgan fingerprint density at radius 1 is 1.42 bits per heavy atom. The van der Waals surface area contributed by atoms with Crippen molar-refractivity contribution in [1.82, 2.24) is 14.9 Å². The van der Waals surface area contributed by atoms with Gasteiger partial charge in [-0.3, -0.25) is 0 Å². The van der Waals surface area contributed by atoms with E-state index in [0.717, 1.165) is 25.6 Å². The molecule has 1 N–H and O–H groups in total. The smallest absolute Gasteiger partial charge is 0.0946 e. The fourth-order valence-corrected chi connectivity index (χ4v) is 1.17. The van der Waals surface area contributed by atoms with Gasteiger partial charge in [0.25, 0.3) is 0 Å². The van der Waals surface area contributed by atoms with Crippen molar-refractivity contribution in [3.63, 3.8) is 0 Å². The van der Waals surface area contributed by atoms with Crippen molar-refractivity contribution in [3.05, 3.63) is 18.7 Å². The van der Waals surface area contributed by atoms with Gasteiger partial charge < -0.3 is 9.88 Å². The maximum atomic E-state index is 3.98. The number of imidazole rings is 1. The summed E-state index contributed by atoms with van der Waals surface area (Å²) >= 11 is 0. The average molecular weight is 210 g/mol. The Morgan fingerprint density at radius 2 is 2.17 bits per heavy atom. The summed E-state index contributed by atoms with van der Waals surface area (Å²) in [5.41, 5.74) is 0. The van der Waals surface area contributed by atoms with Crippen LogP contribution in [0.25, 0.3) is 0 Å². The second-order valence-corrected chi connectivity index (χ2v) is 2.78. The predicted octanol–water partition coefficient (Wildman–Crippen LogP) is 0.946. The highest BCUT2D eigenvalue weighted by atomic mass is 35.5. The zero-order valence-corrected chi connectivity index (χ0v) is 8.27. The van der Waals surface area contributed by atoms with Gasteiger partial charge in [0, 0.05) is 37.9 Å². The summed E-state index contributed by atoms with van der Waals surface area (Å²) in [7, 11) is 0. The second-order valence-electron chi connectivity index (χ2n) is 2.78. The van der Waals surface area contributed by atoms with E-state index in [0.29, 0.717) is 0 Å². The molecule has 70 valence electrons. The van der Waals surface area contributed by atoms with E-state index >= 15 is 0 Å². The minimum atomic E-state index is 0. The molecule has 0 atom stereocenters. The summed E-state index contributed by atoms with van der Waals surface area (Å²) in [6.07, 6.45) is 5.71. The van der Waals surface area contributed by atoms with Crippen molar-refractivity contribution >= 4 is 24.8 Å². The van der Waals surface area contributed by atoms with E-state index in [2.05, 4.69) is 14.9 Å². The van der Waals surface area contributed by atoms with Gasteiger partial charge in [-0.05, 0) is 0 Å². The van der Waals surface area contributed by atoms with Crippen LogP contribution in [0.1, 0.15) is 0 Å². The number of rotatable bonds is 2. The van der Waals surface area contributed by atoms with Crippen LogP contribution in [0.15, 0.2) is 18.7 Å². The largest absolute Gasteiger partial charge is 0.337 e. The highest BCUT2D eigenvalue weighted by Gasteiger charge is 2.16. The van der Waals surface area contributed by atoms with Crippen molar-refractivity contribution < 1.29 is 0 Å². The first-order valence-electron chi connectivity index (χ1n) is 3.61. The number of nitrogens with one attached hydrogen (secondary N) is 1. The van der Waals surface area contributed by atoms with Crippen LogP contribution in [-0.4, -0.2) is 22.6 Å². The van der Waals surface area contributed by atoms with Crippen molar-refractivity contribution in [2.75, 3.05) is 13.1 Å². The summed E-state index contributed by atoms with van der Waals surface area (Å²) in [6, 6.07) is 0. The van der Waals surface area contributed by atoms with Gasteiger partial charge in [0.05, 0.1) is 6.33 Å². The van der Waals surface area contributed by atoms with Gasteiger partial charge in [-0.1, -0.05) is 0 Å². The lowest BCUT2D eigenvalue weighted by Gasteiger charge is -2.26. The monoisotopic (exact) mass is 209 g/mol. The maximum absolute atomic E-state index is 3.98. The molecule has 12 heavy (non-hydrogen) atoms. The molecule has 5 heteroatoms. The zero-order chi connectivity index (χ0) is 6.81. The summed E-state index contributed by atoms with van der Waals surface area (Å²) < 4.78 is 2.13. The SMILES string of the molecule is Cl.Cl.c1cn(CC2CNC2)cn1. The third-order valence-electron chi connectivity index (χ3n) is 1.89. The first kappa shape index (κ1) is 11.8. The number of hydrogen-bond donors (Lipinski definition) is 1. The molecule has 3 nitrogen and oxygen atoms in total. The summed E-state index contributed by atoms with van der Waals surface area (Å²) in [5.74, 6) is 0.828. The molecule has 0 saturated carbocycles. The summed E-state index contributed by atoms with van der Waals surface area (Å²) in [4.78, 5) is 3.98. The first-order valence-corrected chi connectivity index (χ1v) is 3.61. The van der Waals surface area contributed by atoms with Gasteiger partial charge in [-0.25, -0.2) is 4.98 Å². The quantitative estimate of drug-likeness (QED) is 0.787. The number of aromatic nitrogens is 2. The van der Waals surface area contributed by atoms with Gasteiger partial charge in [0.2, 0.25) is 0 Å². The molecule has 1 aliphatic heterocycles. The molecule has 0 amide bonds. The van der Waals surface area contributed by atoms with Crippen LogP contribution in [0, 0.1) is 5.92 Å². The number of hydrogen-bond acceptors (Lipinski definition) is 2. The minimum Gasteiger partial charge on any atom is -0.337 e. The van der Waals surface area contributed by atoms with Gasteiger partial charge in [-0.15, -0.1) is 24.8 Å². The van der Waals surface area contributed by atoms with Crippen LogP contribution in [0.2, 0.25) is 0 Å². The molecule has 2 rings (SSSR count). The number of halogens is 2. The van der Waals surface area contributed by atoms with Crippen LogP contribution in [0.3, 0.4) is 0 Å². The van der Waals surface area contributed by atoms with Crippen molar-refractivity contribution in [2.24, 2.45) is 5.92 Å². The van der Waals surface area contributed by atoms with Gasteiger partial charge in [0.1, 0.15) is 0 Å². The number of nitrogens with zero attached hydrogens (tertiary/aromatic N) is 2. The van der Waals surface area contributed by atoms with Crippen molar-refractivity contribution in [2.45, 2.75) is 6.54 Å². The van der Waals surface area contributed by atoms with Crippen LogP contribution >= 0.6 is 24.8 Å². The standard InChI is InChI=1S/C7H11N3.2ClH/c1-2-10(6-8-1)5-7-3-9-4-7;;/h1-2,6-7,9H,3-5H2;2*1H. The molecule has 0 unspecified atom stereocenters. The molecule has 0 spiro atoms. The lowest BCUT2D eigenvalue weighted by atomic mass is 10.0. The third kappa shape index (κ3) is 2.66. The average Bonchev–Trinajstić information content (AvgIpc) is 2.29. The van der Waals surface area contributed by atoms with Crippen LogP contribution in [0.5, 0.6) is 0 Å². The third-order valence-corrected chi connectivity index (χ3v) is 1.89. The highest BCUT2D eigenvalue weighted by molar-refractivity contribution is 5.85. The Hall–Kier alpha value is -0.250. The Bertz CT molecular complexity index is 196. The van der Waals surface area contributed by atoms with E-state index in [-0.39, 0.29) is 24.8 Å². The zero-order valence-electron chi connectivity index (χ0n) is 6.64. The molecule has 0 bridgehead atoms. The second kappa shape index (κ2) is 5.41. The summed E-state index contributed by atoms with van der Waals surface area (Å²) in [6.45, 7) is 3.45. The van der Waals surface area contributed by atoms with E-state index < -0.39 is 0 Å². The summed E-state index contributed by atoms with van der Waals surface area (Å²) in [5, 5.41) is 3.24. The lowest BCUT2D eigenvalue weighted by molar-refractivity contribution is 0.306. The predicted molar refractivity (Wildman–Crippen MR) is 53.1 cm³/mol. The topological polar surface area (TPSA) is 29.9 Å². The molecular formula is C7H13Cl2N3. The van der Waals surface area contributed by atoms with E-state index in [4.69, 9.17) is 0 Å². The Morgan fingerprint density at radius 3 is 2.58 bits per heavy atom. The maximum Gasteiger partial charge on any atom is 0.0946 e. The van der Waals surface area contributed by atoms with E-state index in [9.17, 15) is 0 Å². The van der Waals surface area contributed by atoms with Crippen molar-refractivity contribution in [1.29, 1.82) is 0 Å². The molecule has 0 aliphatic carbocycles. The van der Waals surface area contributed by atoms with E-state index in [1.54, 1.807) is 0 Å². The lowest BCUT2D eigenvalue weighted by Crippen LogP contribution is -2.44. The van der Waals surface area contributed by atoms with E-state index in [1.165, 1.54) is 0 Å². The first-order chi connectivity index (χ1) is 4.95. The molecule has 0 radical (unpaired) electrons. The van der Waals surface area contributed by atoms with Crippen LogP contribution in [0.4, 0.5) is 0 Å². The fourth-order valence-electron chi connectivity index (χ4n) is 1.17. The molecule has 1 saturated heterocycles. The molecule has 1 aromatic heterocycles. The fraction of sp³-hybridized carbons (Fsp3) is 0.571. The molecule has 2 heterocycles. The Labute approximate surface area is 84.4 Å². The Balaban J connectivity index is 0.000000605. The molecule has 0 aromatic carbocycles. The molecule has 1 fully saturated rings. The van der Waals surface area contributed by atoms with E-state index in [1.807, 2.05) is 18.7 Å². The van der Waals surface area contributed by atoms with Crippen molar-refractivity contribution in [3.8, 4) is 0 Å². The van der Waals surface area contributed by atoms with Crippen LogP contribution in [-0.2, 0) is 6.54 Å². The van der Waals surface area contributed by atoms with Gasteiger partial charge in [-0.2, -0.15) is 0 Å². The Kier molecular flexibility index (Phi) is 5.29. The molecule has 1 aromatic rings. The molecule has 1 aliphatic rings. The molecular weight excluding hydrogens is 197 g/mol. The van der Waals surface area contributed by atoms with Gasteiger partial charge in [0.15, 0.2) is 0 Å². The van der Waals surface area contributed by atoms with Crippen LogP contribution < -0.4 is 5.32 Å². The normalized spacial score (nSPS) is 15.7. The minimum absolute atomic E-state index is 0.